The Morgan fingerprint density at radius 1 is 1.24 bits per heavy atom. The Labute approximate surface area is 127 Å². The van der Waals surface area contributed by atoms with Gasteiger partial charge < -0.3 is 15.7 Å². The SMILES string of the molecule is CCCC(C(N)=O)C(CC(C)C)C(=O)N1CCC(O)CC1. The van der Waals surface area contributed by atoms with Gasteiger partial charge in [0.15, 0.2) is 0 Å². The van der Waals surface area contributed by atoms with Crippen molar-refractivity contribution in [1.82, 2.24) is 4.90 Å². The van der Waals surface area contributed by atoms with Gasteiger partial charge in [-0.2, -0.15) is 0 Å². The van der Waals surface area contributed by atoms with Crippen molar-refractivity contribution in [1.29, 1.82) is 0 Å². The monoisotopic (exact) mass is 298 g/mol. The molecule has 0 aromatic carbocycles. The van der Waals surface area contributed by atoms with Crippen LogP contribution in [0.15, 0.2) is 0 Å². The topological polar surface area (TPSA) is 83.6 Å². The average molecular weight is 298 g/mol. The van der Waals surface area contributed by atoms with Crippen molar-refractivity contribution in [3.63, 3.8) is 0 Å². The van der Waals surface area contributed by atoms with Crippen molar-refractivity contribution in [3.8, 4) is 0 Å². The Hall–Kier alpha value is -1.10. The first-order chi connectivity index (χ1) is 9.86. The molecule has 1 saturated heterocycles. The summed E-state index contributed by atoms with van der Waals surface area (Å²) in [5.74, 6) is -0.691. The third-order valence-corrected chi connectivity index (χ3v) is 4.27. The molecule has 0 aliphatic carbocycles. The van der Waals surface area contributed by atoms with Gasteiger partial charge in [0.25, 0.3) is 0 Å². The third-order valence-electron chi connectivity index (χ3n) is 4.27. The minimum Gasteiger partial charge on any atom is -0.393 e. The highest BCUT2D eigenvalue weighted by Crippen LogP contribution is 2.28. The fourth-order valence-corrected chi connectivity index (χ4v) is 3.12. The van der Waals surface area contributed by atoms with Crippen LogP contribution in [-0.2, 0) is 9.59 Å². The molecule has 0 aromatic heterocycles. The van der Waals surface area contributed by atoms with Gasteiger partial charge in [0.2, 0.25) is 11.8 Å². The van der Waals surface area contributed by atoms with Gasteiger partial charge in [-0.05, 0) is 31.6 Å². The second-order valence-corrected chi connectivity index (χ2v) is 6.59. The summed E-state index contributed by atoms with van der Waals surface area (Å²) in [6.07, 6.45) is 3.12. The predicted octanol–water partition coefficient (Wildman–Crippen LogP) is 1.53. The van der Waals surface area contributed by atoms with Crippen LogP contribution in [0, 0.1) is 17.8 Å². The van der Waals surface area contributed by atoms with Crippen LogP contribution in [0.4, 0.5) is 0 Å². The van der Waals surface area contributed by atoms with E-state index in [9.17, 15) is 14.7 Å². The molecule has 0 saturated carbocycles. The van der Waals surface area contributed by atoms with Gasteiger partial charge in [0.05, 0.1) is 6.10 Å². The molecule has 0 spiro atoms. The summed E-state index contributed by atoms with van der Waals surface area (Å²) in [5, 5.41) is 9.56. The first-order valence-electron chi connectivity index (χ1n) is 8.12. The number of carbonyl (C=O) groups is 2. The number of amides is 2. The summed E-state index contributed by atoms with van der Waals surface area (Å²) in [6.45, 7) is 7.27. The lowest BCUT2D eigenvalue weighted by Gasteiger charge is -2.35. The van der Waals surface area contributed by atoms with Gasteiger partial charge >= 0.3 is 0 Å². The molecule has 2 unspecified atom stereocenters. The van der Waals surface area contributed by atoms with E-state index < -0.39 is 0 Å². The number of nitrogens with two attached hydrogens (primary N) is 1. The van der Waals surface area contributed by atoms with Crippen LogP contribution in [0.25, 0.3) is 0 Å². The smallest absolute Gasteiger partial charge is 0.226 e. The normalized spacial score (nSPS) is 19.6. The van der Waals surface area contributed by atoms with E-state index in [0.717, 1.165) is 6.42 Å². The largest absolute Gasteiger partial charge is 0.393 e. The third kappa shape index (κ3) is 5.30. The Kier molecular flexibility index (Phi) is 7.15. The lowest BCUT2D eigenvalue weighted by atomic mass is 9.81. The van der Waals surface area contributed by atoms with Gasteiger partial charge in [-0.3, -0.25) is 9.59 Å². The zero-order valence-electron chi connectivity index (χ0n) is 13.5. The molecule has 0 bridgehead atoms. The number of primary amides is 1. The number of nitrogens with zero attached hydrogens (tertiary/aromatic N) is 1. The van der Waals surface area contributed by atoms with Crippen molar-refractivity contribution in [3.05, 3.63) is 0 Å². The lowest BCUT2D eigenvalue weighted by Crippen LogP contribution is -2.47. The van der Waals surface area contributed by atoms with E-state index in [1.54, 1.807) is 4.90 Å². The average Bonchev–Trinajstić information content (AvgIpc) is 2.42. The van der Waals surface area contributed by atoms with Crippen molar-refractivity contribution in [2.24, 2.45) is 23.5 Å². The number of piperidine rings is 1. The molecular formula is C16H30N2O3. The summed E-state index contributed by atoms with van der Waals surface area (Å²) in [6, 6.07) is 0. The highest BCUT2D eigenvalue weighted by molar-refractivity contribution is 5.87. The Morgan fingerprint density at radius 3 is 2.24 bits per heavy atom. The molecule has 1 aliphatic rings. The van der Waals surface area contributed by atoms with E-state index >= 15 is 0 Å². The Bertz CT molecular complexity index is 349. The zero-order chi connectivity index (χ0) is 16.0. The van der Waals surface area contributed by atoms with Crippen LogP contribution in [0.1, 0.15) is 52.9 Å². The molecule has 1 aliphatic heterocycles. The highest BCUT2D eigenvalue weighted by atomic mass is 16.3. The van der Waals surface area contributed by atoms with Crippen LogP contribution >= 0.6 is 0 Å². The van der Waals surface area contributed by atoms with Gasteiger partial charge in [-0.25, -0.2) is 0 Å². The standard InChI is InChI=1S/C16H30N2O3/c1-4-5-13(15(17)20)14(10-11(2)3)16(21)18-8-6-12(19)7-9-18/h11-14,19H,4-10H2,1-3H3,(H2,17,20). The van der Waals surface area contributed by atoms with Gasteiger partial charge in [0, 0.05) is 24.9 Å². The van der Waals surface area contributed by atoms with Gasteiger partial charge in [-0.1, -0.05) is 27.2 Å². The summed E-state index contributed by atoms with van der Waals surface area (Å²) >= 11 is 0. The molecule has 0 radical (unpaired) electrons. The molecule has 5 heteroatoms. The number of aliphatic hydroxyl groups excluding tert-OH is 1. The molecule has 2 atom stereocenters. The van der Waals surface area contributed by atoms with Crippen molar-refractivity contribution in [2.75, 3.05) is 13.1 Å². The Balaban J connectivity index is 2.84. The summed E-state index contributed by atoms with van der Waals surface area (Å²) in [7, 11) is 0. The molecule has 1 fully saturated rings. The maximum atomic E-state index is 12.8. The summed E-state index contributed by atoms with van der Waals surface area (Å²) in [5.41, 5.74) is 5.54. The van der Waals surface area contributed by atoms with Crippen molar-refractivity contribution >= 4 is 11.8 Å². The molecule has 1 heterocycles. The fourth-order valence-electron chi connectivity index (χ4n) is 3.12. The van der Waals surface area contributed by atoms with Crippen LogP contribution < -0.4 is 5.73 Å². The predicted molar refractivity (Wildman–Crippen MR) is 82.4 cm³/mol. The van der Waals surface area contributed by atoms with Crippen molar-refractivity contribution < 1.29 is 14.7 Å². The summed E-state index contributed by atoms with van der Waals surface area (Å²) in [4.78, 5) is 26.4. The number of aliphatic hydroxyl groups is 1. The maximum Gasteiger partial charge on any atom is 0.226 e. The van der Waals surface area contributed by atoms with E-state index in [-0.39, 0.29) is 29.8 Å². The number of hydrogen-bond acceptors (Lipinski definition) is 3. The number of rotatable bonds is 7. The minimum atomic E-state index is -0.378. The highest BCUT2D eigenvalue weighted by Gasteiger charge is 2.35. The summed E-state index contributed by atoms with van der Waals surface area (Å²) < 4.78 is 0. The molecule has 1 rings (SSSR count). The molecular weight excluding hydrogens is 268 g/mol. The number of carbonyl (C=O) groups excluding carboxylic acids is 2. The molecule has 0 aromatic rings. The number of likely N-dealkylation sites (tertiary alicyclic amines) is 1. The van der Waals surface area contributed by atoms with E-state index in [1.165, 1.54) is 0 Å². The van der Waals surface area contributed by atoms with Gasteiger partial charge in [0.1, 0.15) is 0 Å². The van der Waals surface area contributed by atoms with E-state index in [1.807, 2.05) is 6.92 Å². The lowest BCUT2D eigenvalue weighted by molar-refractivity contribution is -0.143. The van der Waals surface area contributed by atoms with E-state index in [4.69, 9.17) is 5.73 Å². The van der Waals surface area contributed by atoms with E-state index in [0.29, 0.717) is 44.7 Å². The number of hydrogen-bond donors (Lipinski definition) is 2. The molecule has 5 nitrogen and oxygen atoms in total. The quantitative estimate of drug-likeness (QED) is 0.747. The maximum absolute atomic E-state index is 12.8. The van der Waals surface area contributed by atoms with Crippen molar-refractivity contribution in [2.45, 2.75) is 59.0 Å². The first-order valence-corrected chi connectivity index (χ1v) is 8.12. The van der Waals surface area contributed by atoms with Crippen LogP contribution in [0.5, 0.6) is 0 Å². The fraction of sp³-hybridized carbons (Fsp3) is 0.875. The molecule has 21 heavy (non-hydrogen) atoms. The van der Waals surface area contributed by atoms with Crippen LogP contribution in [0.3, 0.4) is 0 Å². The van der Waals surface area contributed by atoms with Crippen LogP contribution in [0.2, 0.25) is 0 Å². The molecule has 3 N–H and O–H groups in total. The van der Waals surface area contributed by atoms with E-state index in [2.05, 4.69) is 13.8 Å². The van der Waals surface area contributed by atoms with Gasteiger partial charge in [-0.15, -0.1) is 0 Å². The van der Waals surface area contributed by atoms with Crippen LogP contribution in [-0.4, -0.2) is 41.0 Å². The zero-order valence-corrected chi connectivity index (χ0v) is 13.5. The molecule has 122 valence electrons. The molecule has 2 amide bonds. The second-order valence-electron chi connectivity index (χ2n) is 6.59. The first kappa shape index (κ1) is 18.0. The Morgan fingerprint density at radius 2 is 1.81 bits per heavy atom. The second kappa shape index (κ2) is 8.37. The minimum absolute atomic E-state index is 0.0350.